The van der Waals surface area contributed by atoms with Crippen LogP contribution in [0.15, 0.2) is 17.8 Å². The van der Waals surface area contributed by atoms with Crippen LogP contribution in [0.4, 0.5) is 15.3 Å². The van der Waals surface area contributed by atoms with Crippen molar-refractivity contribution in [3.8, 4) is 6.07 Å². The molecule has 4 heterocycles. The van der Waals surface area contributed by atoms with Crippen LogP contribution in [0.25, 0.3) is 22.3 Å². The van der Waals surface area contributed by atoms with Crippen LogP contribution in [-0.2, 0) is 18.0 Å². The van der Waals surface area contributed by atoms with Gasteiger partial charge in [-0.15, -0.1) is 20.6 Å². The topological polar surface area (TPSA) is 88.1 Å². The summed E-state index contributed by atoms with van der Waals surface area (Å²) in [6.45, 7) is 19.7. The summed E-state index contributed by atoms with van der Waals surface area (Å²) in [4.78, 5) is 12.3. The number of nitriles is 1. The molecule has 2 aliphatic rings. The molecule has 6 nitrogen and oxygen atoms in total. The van der Waals surface area contributed by atoms with Gasteiger partial charge in [-0.3, -0.25) is 0 Å². The number of benzene rings is 1. The standard InChI is InChI=1S/C27H29FN5OPS.C8H18.C4H10/c1-4-14(3)20(22-15(10-29)26(30)36-25(22)19(28)5-2)21-18-13-34-12-17(18)16-11-31-27(32-23(16)24(21)35)33-8-6-7-9-33;1-4-5-6-7-8(2)3;1-3-4-2/h5,11H,4,6-9,12-13,30,35H2,1-3H3;8H,4-7H2,1-3H3;3-4H2,1-2H3/b19-5+,20-14+;;. The van der Waals surface area contributed by atoms with E-state index in [0.717, 1.165) is 99.6 Å². The highest BCUT2D eigenvalue weighted by molar-refractivity contribution is 7.28. The average Bonchev–Trinajstić information content (AvgIpc) is 3.87. The number of unbranched alkanes of at least 4 members (excludes halogenated alkanes) is 3. The highest BCUT2D eigenvalue weighted by Gasteiger charge is 2.31. The van der Waals surface area contributed by atoms with Crippen molar-refractivity contribution >= 4 is 59.1 Å². The van der Waals surface area contributed by atoms with Gasteiger partial charge in [-0.25, -0.2) is 14.4 Å². The Kier molecular flexibility index (Phi) is 16.0. The van der Waals surface area contributed by atoms with E-state index in [1.807, 2.05) is 13.1 Å². The van der Waals surface area contributed by atoms with Gasteiger partial charge in [0.15, 0.2) is 0 Å². The van der Waals surface area contributed by atoms with Crippen LogP contribution >= 0.6 is 20.6 Å². The van der Waals surface area contributed by atoms with Crippen LogP contribution in [0, 0.1) is 17.2 Å². The number of allylic oxidation sites excluding steroid dienone is 2. The second kappa shape index (κ2) is 19.4. The van der Waals surface area contributed by atoms with E-state index in [9.17, 15) is 5.26 Å². The summed E-state index contributed by atoms with van der Waals surface area (Å²) in [5.74, 6) is 1.24. The Balaban J connectivity index is 0.000000447. The summed E-state index contributed by atoms with van der Waals surface area (Å²) < 4.78 is 21.1. The van der Waals surface area contributed by atoms with Gasteiger partial charge < -0.3 is 15.4 Å². The SMILES string of the molecule is C/C=C(/F)c1sc(N)c(C#N)c1/C(=C(\C)CC)c1c2c(c3cnc(N4CCCC4)nc3c1P)COC2.CCCC.CCCCCC(C)C. The number of hydrogen-bond acceptors (Lipinski definition) is 7. The quantitative estimate of drug-likeness (QED) is 0.168. The summed E-state index contributed by atoms with van der Waals surface area (Å²) in [6.07, 6.45) is 14.6. The normalized spacial score (nSPS) is 14.7. The zero-order valence-corrected chi connectivity index (χ0v) is 32.5. The smallest absolute Gasteiger partial charge is 0.225 e. The summed E-state index contributed by atoms with van der Waals surface area (Å²) in [5.41, 5.74) is 12.9. The van der Waals surface area contributed by atoms with Gasteiger partial charge in [0.25, 0.3) is 0 Å². The molecule has 1 atom stereocenters. The lowest BCUT2D eigenvalue weighted by Crippen LogP contribution is -2.21. The Morgan fingerprint density at radius 1 is 1.10 bits per heavy atom. The number of nitrogens with zero attached hydrogens (tertiary/aromatic N) is 4. The molecule has 2 N–H and O–H groups in total. The first-order valence-electron chi connectivity index (χ1n) is 17.9. The van der Waals surface area contributed by atoms with Gasteiger partial charge in [0.2, 0.25) is 5.95 Å². The molecule has 48 heavy (non-hydrogen) atoms. The van der Waals surface area contributed by atoms with E-state index in [1.165, 1.54) is 44.6 Å². The van der Waals surface area contributed by atoms with Crippen molar-refractivity contribution in [3.05, 3.63) is 50.5 Å². The molecule has 5 rings (SSSR count). The molecule has 262 valence electrons. The maximum atomic E-state index is 15.2. The maximum absolute atomic E-state index is 15.2. The van der Waals surface area contributed by atoms with Gasteiger partial charge in [0.1, 0.15) is 16.9 Å². The number of aromatic nitrogens is 2. The molecule has 3 aromatic rings. The lowest BCUT2D eigenvalue weighted by molar-refractivity contribution is 0.135. The zero-order chi connectivity index (χ0) is 35.4. The van der Waals surface area contributed by atoms with Crippen molar-refractivity contribution in [2.45, 2.75) is 126 Å². The van der Waals surface area contributed by atoms with Crippen LogP contribution in [-0.4, -0.2) is 23.1 Å². The molecule has 0 radical (unpaired) electrons. The molecule has 0 spiro atoms. The van der Waals surface area contributed by atoms with Crippen LogP contribution in [0.3, 0.4) is 0 Å². The van der Waals surface area contributed by atoms with Crippen molar-refractivity contribution in [2.24, 2.45) is 5.92 Å². The van der Waals surface area contributed by atoms with Gasteiger partial charge in [-0.1, -0.05) is 91.7 Å². The Labute approximate surface area is 295 Å². The monoisotopic (exact) mass is 693 g/mol. The van der Waals surface area contributed by atoms with E-state index in [0.29, 0.717) is 34.2 Å². The lowest BCUT2D eigenvalue weighted by Gasteiger charge is -2.22. The van der Waals surface area contributed by atoms with Gasteiger partial charge in [0, 0.05) is 35.5 Å². The molecule has 9 heteroatoms. The van der Waals surface area contributed by atoms with E-state index < -0.39 is 0 Å². The first kappa shape index (κ1) is 39.6. The highest BCUT2D eigenvalue weighted by atomic mass is 32.1. The van der Waals surface area contributed by atoms with E-state index in [4.69, 9.17) is 20.4 Å². The third-order valence-electron chi connectivity index (χ3n) is 9.03. The summed E-state index contributed by atoms with van der Waals surface area (Å²) in [6, 6.07) is 2.25. The fourth-order valence-electron chi connectivity index (χ4n) is 5.96. The number of fused-ring (bicyclic) bond motifs is 3. The van der Waals surface area contributed by atoms with E-state index in [-0.39, 0.29) is 5.83 Å². The first-order chi connectivity index (χ1) is 23.1. The number of anilines is 2. The number of rotatable bonds is 10. The third-order valence-corrected chi connectivity index (χ3v) is 10.6. The minimum absolute atomic E-state index is 0.312. The Morgan fingerprint density at radius 2 is 1.77 bits per heavy atom. The molecule has 0 aliphatic carbocycles. The summed E-state index contributed by atoms with van der Waals surface area (Å²) in [7, 11) is 2.87. The fourth-order valence-corrected chi connectivity index (χ4v) is 7.49. The summed E-state index contributed by atoms with van der Waals surface area (Å²) in [5, 5.41) is 12.3. The first-order valence-corrected chi connectivity index (χ1v) is 19.3. The largest absolute Gasteiger partial charge is 0.389 e. The molecule has 0 saturated carbocycles. The fraction of sp³-hybridized carbons (Fsp3) is 0.564. The molecule has 0 amide bonds. The Morgan fingerprint density at radius 3 is 2.33 bits per heavy atom. The summed E-state index contributed by atoms with van der Waals surface area (Å²) >= 11 is 1.12. The second-order valence-electron chi connectivity index (χ2n) is 13.1. The van der Waals surface area contributed by atoms with Crippen molar-refractivity contribution in [1.29, 1.82) is 5.26 Å². The number of nitrogen functional groups attached to an aromatic ring is 1. The Bertz CT molecular complexity index is 1630. The van der Waals surface area contributed by atoms with Crippen molar-refractivity contribution in [2.75, 3.05) is 23.7 Å². The van der Waals surface area contributed by atoms with E-state index in [2.05, 4.69) is 61.8 Å². The van der Waals surface area contributed by atoms with Gasteiger partial charge in [-0.05, 0) is 61.3 Å². The molecule has 1 aromatic carbocycles. The second-order valence-corrected chi connectivity index (χ2v) is 14.7. The number of ether oxygens (including phenoxy) is 1. The van der Waals surface area contributed by atoms with Gasteiger partial charge in [0.05, 0.1) is 29.2 Å². The maximum Gasteiger partial charge on any atom is 0.225 e. The van der Waals surface area contributed by atoms with Crippen LogP contribution in [0.2, 0.25) is 0 Å². The third kappa shape index (κ3) is 9.23. The lowest BCUT2D eigenvalue weighted by atomic mass is 9.85. The van der Waals surface area contributed by atoms with E-state index >= 15 is 4.39 Å². The molecule has 1 saturated heterocycles. The number of halogens is 1. The van der Waals surface area contributed by atoms with Crippen LogP contribution in [0.1, 0.15) is 146 Å². The molecule has 0 bridgehead atoms. The number of thiophene rings is 1. The van der Waals surface area contributed by atoms with E-state index in [1.54, 1.807) is 6.92 Å². The van der Waals surface area contributed by atoms with Crippen molar-refractivity contribution in [3.63, 3.8) is 0 Å². The van der Waals surface area contributed by atoms with Crippen LogP contribution in [0.5, 0.6) is 0 Å². The number of hydrogen-bond donors (Lipinski definition) is 1. The van der Waals surface area contributed by atoms with Gasteiger partial charge >= 0.3 is 0 Å². The van der Waals surface area contributed by atoms with Gasteiger partial charge in [-0.2, -0.15) is 5.26 Å². The van der Waals surface area contributed by atoms with Crippen molar-refractivity contribution < 1.29 is 9.13 Å². The predicted molar refractivity (Wildman–Crippen MR) is 209 cm³/mol. The minimum atomic E-state index is -0.387. The molecular weight excluding hydrogens is 637 g/mol. The van der Waals surface area contributed by atoms with Crippen molar-refractivity contribution in [1.82, 2.24) is 9.97 Å². The molecule has 1 unspecified atom stereocenters. The number of nitrogens with two attached hydrogens (primary N) is 1. The average molecular weight is 694 g/mol. The molecular formula is C39H57FN5OPS. The molecule has 1 fully saturated rings. The minimum Gasteiger partial charge on any atom is -0.389 e. The molecule has 2 aliphatic heterocycles. The van der Waals surface area contributed by atoms with Crippen LogP contribution < -0.4 is 15.9 Å². The Hall–Kier alpha value is -2.85. The zero-order valence-electron chi connectivity index (χ0n) is 30.6. The highest BCUT2D eigenvalue weighted by Crippen LogP contribution is 2.46. The molecule has 2 aromatic heterocycles. The predicted octanol–water partition coefficient (Wildman–Crippen LogP) is 10.9.